The van der Waals surface area contributed by atoms with E-state index in [0.29, 0.717) is 5.84 Å². The van der Waals surface area contributed by atoms with Crippen molar-refractivity contribution in [2.24, 2.45) is 9.98 Å². The summed E-state index contributed by atoms with van der Waals surface area (Å²) in [6.45, 7) is 0. The molecule has 0 fully saturated rings. The van der Waals surface area contributed by atoms with Gasteiger partial charge in [-0.25, -0.2) is 9.98 Å². The number of benzene rings is 6. The molecule has 0 saturated heterocycles. The van der Waals surface area contributed by atoms with Gasteiger partial charge < -0.3 is 9.88 Å². The first-order valence-electron chi connectivity index (χ1n) is 14.6. The van der Waals surface area contributed by atoms with E-state index in [-0.39, 0.29) is 6.17 Å². The fourth-order valence-electron chi connectivity index (χ4n) is 6.03. The summed E-state index contributed by atoms with van der Waals surface area (Å²) < 4.78 is 2.36. The zero-order valence-corrected chi connectivity index (χ0v) is 23.4. The van der Waals surface area contributed by atoms with E-state index >= 15 is 0 Å². The van der Waals surface area contributed by atoms with Gasteiger partial charge in [0.1, 0.15) is 12.0 Å². The summed E-state index contributed by atoms with van der Waals surface area (Å²) in [6.07, 6.45) is -0.340. The van der Waals surface area contributed by atoms with Crippen LogP contribution >= 0.6 is 0 Å². The first kappa shape index (κ1) is 25.0. The molecule has 6 aromatic carbocycles. The predicted octanol–water partition coefficient (Wildman–Crippen LogP) is 8.95. The van der Waals surface area contributed by atoms with Crippen molar-refractivity contribution in [1.29, 1.82) is 0 Å². The van der Waals surface area contributed by atoms with Crippen LogP contribution in [0.3, 0.4) is 0 Å². The molecule has 8 rings (SSSR count). The molecule has 0 aliphatic carbocycles. The summed E-state index contributed by atoms with van der Waals surface area (Å²) in [7, 11) is 0. The van der Waals surface area contributed by atoms with Crippen molar-refractivity contribution < 1.29 is 0 Å². The smallest absolute Gasteiger partial charge is 0.159 e. The second kappa shape index (κ2) is 10.6. The van der Waals surface area contributed by atoms with Gasteiger partial charge in [0.15, 0.2) is 5.84 Å². The van der Waals surface area contributed by atoms with E-state index in [0.717, 1.165) is 28.2 Å². The van der Waals surface area contributed by atoms with Gasteiger partial charge in [-0.15, -0.1) is 0 Å². The molecule has 1 atom stereocenters. The van der Waals surface area contributed by atoms with Crippen LogP contribution in [0.5, 0.6) is 0 Å². The van der Waals surface area contributed by atoms with Gasteiger partial charge in [0.25, 0.3) is 0 Å². The van der Waals surface area contributed by atoms with Crippen molar-refractivity contribution in [2.45, 2.75) is 6.17 Å². The lowest BCUT2D eigenvalue weighted by molar-refractivity contribution is 0.670. The molecule has 7 aromatic rings. The van der Waals surface area contributed by atoms with Gasteiger partial charge in [-0.1, -0.05) is 140 Å². The van der Waals surface area contributed by atoms with E-state index in [4.69, 9.17) is 9.98 Å². The zero-order chi connectivity index (χ0) is 28.6. The Bertz CT molecular complexity index is 2090. The second-order valence-corrected chi connectivity index (χ2v) is 10.7. The fraction of sp³-hybridized carbons (Fsp3) is 0.0256. The standard InChI is InChI=1S/C39H28N4/c1-3-13-27(14-4-1)28-23-25-30(26-24-28)38-40-37(29-15-5-2-6-16-29)41-39(42-38)33-19-9-12-22-36(33)43-34-20-10-7-17-31(34)32-18-8-11-21-35(32)43/h1-26,39H,(H,40,41,42). The van der Waals surface area contributed by atoms with Gasteiger partial charge >= 0.3 is 0 Å². The first-order chi connectivity index (χ1) is 21.3. The molecule has 1 aliphatic rings. The van der Waals surface area contributed by atoms with E-state index in [1.165, 1.54) is 32.9 Å². The maximum Gasteiger partial charge on any atom is 0.159 e. The van der Waals surface area contributed by atoms with Crippen molar-refractivity contribution >= 4 is 33.5 Å². The normalized spacial score (nSPS) is 14.7. The minimum atomic E-state index is -0.340. The number of amidine groups is 2. The summed E-state index contributed by atoms with van der Waals surface area (Å²) in [5.41, 5.74) is 8.87. The van der Waals surface area contributed by atoms with Gasteiger partial charge in [0.2, 0.25) is 0 Å². The molecule has 4 nitrogen and oxygen atoms in total. The van der Waals surface area contributed by atoms with Crippen molar-refractivity contribution in [2.75, 3.05) is 0 Å². The average molecular weight is 553 g/mol. The molecule has 43 heavy (non-hydrogen) atoms. The monoisotopic (exact) mass is 552 g/mol. The molecule has 2 heterocycles. The Morgan fingerprint density at radius 2 is 0.977 bits per heavy atom. The largest absolute Gasteiger partial charge is 0.344 e. The minimum absolute atomic E-state index is 0.340. The molecule has 0 saturated carbocycles. The molecular weight excluding hydrogens is 524 g/mol. The third-order valence-corrected chi connectivity index (χ3v) is 8.09. The van der Waals surface area contributed by atoms with Crippen LogP contribution in [-0.4, -0.2) is 16.2 Å². The van der Waals surface area contributed by atoms with Crippen LogP contribution in [0, 0.1) is 0 Å². The Morgan fingerprint density at radius 1 is 0.465 bits per heavy atom. The van der Waals surface area contributed by atoms with Crippen molar-refractivity contribution in [3.8, 4) is 16.8 Å². The number of nitrogens with zero attached hydrogens (tertiary/aromatic N) is 3. The highest BCUT2D eigenvalue weighted by atomic mass is 15.2. The highest BCUT2D eigenvalue weighted by Crippen LogP contribution is 2.35. The Labute approximate surface area is 250 Å². The quantitative estimate of drug-likeness (QED) is 0.228. The third-order valence-electron chi connectivity index (χ3n) is 8.09. The lowest BCUT2D eigenvalue weighted by Gasteiger charge is -2.26. The summed E-state index contributed by atoms with van der Waals surface area (Å²) in [5, 5.41) is 6.14. The summed E-state index contributed by atoms with van der Waals surface area (Å²) in [4.78, 5) is 10.3. The highest BCUT2D eigenvalue weighted by Gasteiger charge is 2.24. The Morgan fingerprint density at radius 3 is 1.65 bits per heavy atom. The van der Waals surface area contributed by atoms with Crippen LogP contribution in [0.1, 0.15) is 22.9 Å². The lowest BCUT2D eigenvalue weighted by Crippen LogP contribution is -2.34. The molecule has 1 unspecified atom stereocenters. The van der Waals surface area contributed by atoms with Crippen molar-refractivity contribution in [3.63, 3.8) is 0 Å². The van der Waals surface area contributed by atoms with Crippen LogP contribution < -0.4 is 5.32 Å². The lowest BCUT2D eigenvalue weighted by atomic mass is 10.0. The summed E-state index contributed by atoms with van der Waals surface area (Å²) in [5.74, 6) is 1.51. The molecule has 4 heteroatoms. The fourth-order valence-corrected chi connectivity index (χ4v) is 6.03. The first-order valence-corrected chi connectivity index (χ1v) is 14.6. The number of aromatic nitrogens is 1. The van der Waals surface area contributed by atoms with Crippen LogP contribution in [-0.2, 0) is 0 Å². The Kier molecular flexibility index (Phi) is 6.16. The number of aliphatic imine (C=N–C) groups is 2. The predicted molar refractivity (Wildman–Crippen MR) is 178 cm³/mol. The molecule has 0 amide bonds. The highest BCUT2D eigenvalue weighted by molar-refractivity contribution is 6.13. The van der Waals surface area contributed by atoms with Gasteiger partial charge in [-0.3, -0.25) is 0 Å². The average Bonchev–Trinajstić information content (AvgIpc) is 3.43. The topological polar surface area (TPSA) is 41.7 Å². The Hall–Kier alpha value is -5.74. The maximum absolute atomic E-state index is 5.24. The molecule has 204 valence electrons. The molecule has 1 aliphatic heterocycles. The van der Waals surface area contributed by atoms with Gasteiger partial charge in [-0.05, 0) is 29.3 Å². The number of hydrogen-bond acceptors (Lipinski definition) is 3. The molecule has 0 bridgehead atoms. The molecule has 0 radical (unpaired) electrons. The van der Waals surface area contributed by atoms with E-state index in [2.05, 4.69) is 143 Å². The van der Waals surface area contributed by atoms with Crippen molar-refractivity contribution in [3.05, 3.63) is 174 Å². The van der Waals surface area contributed by atoms with Crippen LogP contribution in [0.4, 0.5) is 0 Å². The number of para-hydroxylation sites is 3. The van der Waals surface area contributed by atoms with E-state index in [1.54, 1.807) is 0 Å². The molecule has 1 aromatic heterocycles. The van der Waals surface area contributed by atoms with Crippen LogP contribution in [0.15, 0.2) is 168 Å². The molecular formula is C39H28N4. The SMILES string of the molecule is c1ccc(C2=NC(c3ccc(-c4ccccc4)cc3)=NC(c3ccccc3-n3c4ccccc4c4ccccc43)N2)cc1. The van der Waals surface area contributed by atoms with Gasteiger partial charge in [-0.2, -0.15) is 0 Å². The molecule has 0 spiro atoms. The van der Waals surface area contributed by atoms with Crippen LogP contribution in [0.25, 0.3) is 38.6 Å². The van der Waals surface area contributed by atoms with Gasteiger partial charge in [0, 0.05) is 27.5 Å². The second-order valence-electron chi connectivity index (χ2n) is 10.7. The van der Waals surface area contributed by atoms with Gasteiger partial charge in [0.05, 0.1) is 16.7 Å². The zero-order valence-electron chi connectivity index (χ0n) is 23.4. The van der Waals surface area contributed by atoms with Crippen LogP contribution in [0.2, 0.25) is 0 Å². The minimum Gasteiger partial charge on any atom is -0.344 e. The van der Waals surface area contributed by atoms with E-state index in [1.807, 2.05) is 24.3 Å². The number of nitrogens with one attached hydrogen (secondary N) is 1. The number of rotatable bonds is 5. The van der Waals surface area contributed by atoms with Crippen molar-refractivity contribution in [1.82, 2.24) is 9.88 Å². The maximum atomic E-state index is 5.24. The number of fused-ring (bicyclic) bond motifs is 3. The van der Waals surface area contributed by atoms with E-state index < -0.39 is 0 Å². The number of hydrogen-bond donors (Lipinski definition) is 1. The Balaban J connectivity index is 1.28. The molecule has 1 N–H and O–H groups in total. The third kappa shape index (κ3) is 4.50. The van der Waals surface area contributed by atoms with E-state index in [9.17, 15) is 0 Å². The summed E-state index contributed by atoms with van der Waals surface area (Å²) in [6, 6.07) is 55.0. The summed E-state index contributed by atoms with van der Waals surface area (Å²) >= 11 is 0.